The highest BCUT2D eigenvalue weighted by molar-refractivity contribution is 7.86. The van der Waals surface area contributed by atoms with Gasteiger partial charge >= 0.3 is 6.18 Å². The third-order valence-corrected chi connectivity index (χ3v) is 5.10. The molecule has 1 fully saturated rings. The minimum atomic E-state index is -4.74. The summed E-state index contributed by atoms with van der Waals surface area (Å²) >= 11 is 0. The average molecular weight is 493 g/mol. The van der Waals surface area contributed by atoms with Gasteiger partial charge in [0.2, 0.25) is 5.88 Å². The molecular weight excluding hydrogens is 474 g/mol. The number of pyridine rings is 1. The number of β-amino-alcohol motifs (C(OH)–C–C–N with tert-alkyl or cyclic N) is 1. The van der Waals surface area contributed by atoms with Gasteiger partial charge in [0.25, 0.3) is 16.0 Å². The van der Waals surface area contributed by atoms with Gasteiger partial charge in [0.15, 0.2) is 12.4 Å². The Kier molecular flexibility index (Phi) is 6.93. The topological polar surface area (TPSA) is 132 Å². The molecule has 1 aliphatic heterocycles. The number of carbonyl (C=O) groups is 1. The second-order valence-corrected chi connectivity index (χ2v) is 8.79. The lowest BCUT2D eigenvalue weighted by molar-refractivity contribution is -0.141. The van der Waals surface area contributed by atoms with Crippen LogP contribution in [0.4, 0.5) is 17.6 Å². The average Bonchev–Trinajstić information content (AvgIpc) is 2.99. The van der Waals surface area contributed by atoms with Crippen LogP contribution in [0.1, 0.15) is 21.6 Å². The molecule has 3 atom stereocenters. The van der Waals surface area contributed by atoms with Gasteiger partial charge in [0, 0.05) is 18.2 Å². The molecule has 0 spiro atoms. The second-order valence-electron chi connectivity index (χ2n) is 7.19. The maximum atomic E-state index is 14.2. The van der Waals surface area contributed by atoms with Crippen LogP contribution in [0.25, 0.3) is 0 Å². The fraction of sp³-hybridized carbons (Fsp3) is 0.368. The predicted molar refractivity (Wildman–Crippen MR) is 105 cm³/mol. The molecule has 3 rings (SSSR count). The summed E-state index contributed by atoms with van der Waals surface area (Å²) in [4.78, 5) is 17.0. The summed E-state index contributed by atoms with van der Waals surface area (Å²) < 4.78 is 86.3. The van der Waals surface area contributed by atoms with Crippen LogP contribution in [0.5, 0.6) is 11.6 Å². The van der Waals surface area contributed by atoms with E-state index in [1.165, 1.54) is 24.3 Å². The molecule has 1 aromatic heterocycles. The van der Waals surface area contributed by atoms with Crippen molar-refractivity contribution in [3.8, 4) is 11.6 Å². The number of benzene rings is 1. The van der Waals surface area contributed by atoms with Crippen LogP contribution >= 0.6 is 0 Å². The standard InChI is InChI=1S/C19H19F4N3O6S/c1-33(29,30)32-18-16(20)13(27)9-26(18)17(28)11-3-2-4-12(7-11)31-15-6-10(8-24)5-14(25-15)19(21,22)23/h2-7,13,16,18,27H,8-9,24H2,1H3/t13-,16-,18?/m1/s1. The highest BCUT2D eigenvalue weighted by Crippen LogP contribution is 2.32. The Hall–Kier alpha value is -2.81. The van der Waals surface area contributed by atoms with Gasteiger partial charge in [-0.1, -0.05) is 6.07 Å². The zero-order valence-electron chi connectivity index (χ0n) is 17.0. The monoisotopic (exact) mass is 493 g/mol. The van der Waals surface area contributed by atoms with Crippen molar-refractivity contribution in [3.05, 3.63) is 53.2 Å². The van der Waals surface area contributed by atoms with Crippen LogP contribution in [0, 0.1) is 0 Å². The van der Waals surface area contributed by atoms with Gasteiger partial charge < -0.3 is 20.5 Å². The number of alkyl halides is 4. The van der Waals surface area contributed by atoms with Crippen molar-refractivity contribution in [2.75, 3.05) is 12.8 Å². The number of hydrogen-bond acceptors (Lipinski definition) is 8. The molecule has 14 heteroatoms. The third kappa shape index (κ3) is 5.96. The van der Waals surface area contributed by atoms with E-state index in [1.807, 2.05) is 0 Å². The number of carbonyl (C=O) groups excluding carboxylic acids is 1. The summed E-state index contributed by atoms with van der Waals surface area (Å²) in [6.07, 6.45) is -9.81. The lowest BCUT2D eigenvalue weighted by Crippen LogP contribution is -2.41. The highest BCUT2D eigenvalue weighted by Gasteiger charge is 2.46. The number of hydrogen-bond donors (Lipinski definition) is 2. The SMILES string of the molecule is CS(=O)(=O)OC1[C@H](F)[C@H](O)CN1C(=O)c1cccc(Oc2cc(CN)cc(C(F)(F)F)n2)c1. The maximum Gasteiger partial charge on any atom is 0.433 e. The number of aromatic nitrogens is 1. The van der Waals surface area contributed by atoms with E-state index in [9.17, 15) is 35.9 Å². The Morgan fingerprint density at radius 3 is 2.61 bits per heavy atom. The van der Waals surface area contributed by atoms with Crippen LogP contribution in [0.2, 0.25) is 0 Å². The fourth-order valence-electron chi connectivity index (χ4n) is 3.10. The summed E-state index contributed by atoms with van der Waals surface area (Å²) in [6.45, 7) is -0.746. The number of nitrogens with two attached hydrogens (primary N) is 1. The summed E-state index contributed by atoms with van der Waals surface area (Å²) in [6, 6.07) is 7.08. The summed E-state index contributed by atoms with van der Waals surface area (Å²) in [7, 11) is -4.16. The van der Waals surface area contributed by atoms with Gasteiger partial charge in [0.1, 0.15) is 17.5 Å². The minimum absolute atomic E-state index is 0.0761. The quantitative estimate of drug-likeness (QED) is 0.460. The van der Waals surface area contributed by atoms with E-state index < -0.39 is 58.8 Å². The molecule has 2 aromatic rings. The van der Waals surface area contributed by atoms with Crippen LogP contribution in [0.3, 0.4) is 0 Å². The third-order valence-electron chi connectivity index (χ3n) is 4.56. The maximum absolute atomic E-state index is 14.2. The van der Waals surface area contributed by atoms with Crippen molar-refractivity contribution < 1.29 is 44.8 Å². The van der Waals surface area contributed by atoms with Crippen LogP contribution in [-0.4, -0.2) is 60.6 Å². The Balaban J connectivity index is 1.87. The number of aliphatic hydroxyl groups is 1. The number of halogens is 4. The molecule has 9 nitrogen and oxygen atoms in total. The smallest absolute Gasteiger partial charge is 0.433 e. The van der Waals surface area contributed by atoms with Gasteiger partial charge in [-0.05, 0) is 29.8 Å². The van der Waals surface area contributed by atoms with E-state index in [-0.39, 0.29) is 23.4 Å². The minimum Gasteiger partial charge on any atom is -0.439 e. The number of nitrogens with zero attached hydrogens (tertiary/aromatic N) is 2. The Labute approximate surface area is 185 Å². The first-order valence-corrected chi connectivity index (χ1v) is 11.2. The summed E-state index contributed by atoms with van der Waals surface area (Å²) in [5.74, 6) is -1.39. The lowest BCUT2D eigenvalue weighted by atomic mass is 10.2. The van der Waals surface area contributed by atoms with Gasteiger partial charge in [-0.2, -0.15) is 21.6 Å². The summed E-state index contributed by atoms with van der Waals surface area (Å²) in [5.41, 5.74) is 4.20. The van der Waals surface area contributed by atoms with Crippen molar-refractivity contribution in [2.24, 2.45) is 5.73 Å². The number of amides is 1. The van der Waals surface area contributed by atoms with E-state index >= 15 is 0 Å². The molecule has 0 radical (unpaired) electrons. The molecule has 1 amide bonds. The first-order valence-electron chi connectivity index (χ1n) is 9.36. The Bertz CT molecular complexity index is 1140. The fourth-order valence-corrected chi connectivity index (χ4v) is 3.67. The molecule has 3 N–H and O–H groups in total. The van der Waals surface area contributed by atoms with Gasteiger partial charge in [-0.3, -0.25) is 4.79 Å². The van der Waals surface area contributed by atoms with E-state index in [1.54, 1.807) is 0 Å². The molecule has 0 aliphatic carbocycles. The molecule has 0 bridgehead atoms. The van der Waals surface area contributed by atoms with E-state index in [4.69, 9.17) is 10.5 Å². The van der Waals surface area contributed by atoms with Crippen molar-refractivity contribution in [3.63, 3.8) is 0 Å². The zero-order valence-corrected chi connectivity index (χ0v) is 17.8. The second kappa shape index (κ2) is 9.21. The molecule has 0 saturated carbocycles. The lowest BCUT2D eigenvalue weighted by Gasteiger charge is -2.24. The first-order chi connectivity index (χ1) is 15.3. The number of ether oxygens (including phenoxy) is 1. The molecule has 2 heterocycles. The molecule has 33 heavy (non-hydrogen) atoms. The zero-order chi connectivity index (χ0) is 24.6. The van der Waals surface area contributed by atoms with Gasteiger partial charge in [-0.25, -0.2) is 13.6 Å². The number of rotatable bonds is 6. The predicted octanol–water partition coefficient (Wildman–Crippen LogP) is 1.81. The van der Waals surface area contributed by atoms with E-state index in [0.717, 1.165) is 12.1 Å². The largest absolute Gasteiger partial charge is 0.439 e. The molecule has 1 aliphatic rings. The van der Waals surface area contributed by atoms with Crippen LogP contribution in [-0.2, 0) is 27.0 Å². The molecule has 180 valence electrons. The summed E-state index contributed by atoms with van der Waals surface area (Å²) in [5, 5.41) is 9.74. The molecule has 1 saturated heterocycles. The Morgan fingerprint density at radius 1 is 1.30 bits per heavy atom. The first kappa shape index (κ1) is 24.8. The van der Waals surface area contributed by atoms with Crippen molar-refractivity contribution >= 4 is 16.0 Å². The van der Waals surface area contributed by atoms with Crippen molar-refractivity contribution in [2.45, 2.75) is 31.2 Å². The van der Waals surface area contributed by atoms with Crippen LogP contribution < -0.4 is 10.5 Å². The number of likely N-dealkylation sites (tertiary alicyclic amines) is 1. The number of aliphatic hydroxyl groups excluding tert-OH is 1. The van der Waals surface area contributed by atoms with Crippen LogP contribution in [0.15, 0.2) is 36.4 Å². The van der Waals surface area contributed by atoms with Gasteiger partial charge in [-0.15, -0.1) is 0 Å². The van der Waals surface area contributed by atoms with E-state index in [2.05, 4.69) is 9.17 Å². The molecule has 1 aromatic carbocycles. The molecule has 1 unspecified atom stereocenters. The van der Waals surface area contributed by atoms with E-state index in [0.29, 0.717) is 11.2 Å². The highest BCUT2D eigenvalue weighted by atomic mass is 32.2. The molecular formula is C19H19F4N3O6S. The van der Waals surface area contributed by atoms with Crippen molar-refractivity contribution in [1.29, 1.82) is 0 Å². The van der Waals surface area contributed by atoms with Gasteiger partial charge in [0.05, 0.1) is 12.8 Å². The van der Waals surface area contributed by atoms with Crippen molar-refractivity contribution in [1.82, 2.24) is 9.88 Å². The Morgan fingerprint density at radius 2 is 2.00 bits per heavy atom. The normalized spacial score (nSPS) is 21.3.